The highest BCUT2D eigenvalue weighted by atomic mass is 16.5. The van der Waals surface area contributed by atoms with Gasteiger partial charge in [-0.15, -0.1) is 0 Å². The number of phenols is 1. The zero-order valence-corrected chi connectivity index (χ0v) is 24.5. The minimum absolute atomic E-state index is 0.0327. The number of aromatic hydroxyl groups is 1. The Bertz CT molecular complexity index is 1880. The fourth-order valence-corrected chi connectivity index (χ4v) is 6.65. The molecule has 11 nitrogen and oxygen atoms in total. The summed E-state index contributed by atoms with van der Waals surface area (Å²) in [6.07, 6.45) is -1.22. The molecule has 0 fully saturated rings. The maximum atomic E-state index is 14.5. The number of aliphatic hydroxyl groups excluding tert-OH is 1. The summed E-state index contributed by atoms with van der Waals surface area (Å²) in [7, 11) is 2.71. The minimum Gasteiger partial charge on any atom is -0.506 e. The zero-order chi connectivity index (χ0) is 31.9. The van der Waals surface area contributed by atoms with Crippen LogP contribution in [0.5, 0.6) is 23.0 Å². The highest BCUT2D eigenvalue weighted by Crippen LogP contribution is 2.51. The molecule has 3 aromatic carbocycles. The molecule has 4 N–H and O–H groups in total. The van der Waals surface area contributed by atoms with Crippen LogP contribution in [0, 0.1) is 0 Å². The van der Waals surface area contributed by atoms with Crippen molar-refractivity contribution in [3.63, 3.8) is 0 Å². The smallest absolute Gasteiger partial charge is 0.314 e. The van der Waals surface area contributed by atoms with E-state index in [1.807, 2.05) is 0 Å². The molecule has 6 rings (SSSR count). The number of aliphatic hydroxyl groups is 3. The van der Waals surface area contributed by atoms with Gasteiger partial charge in [0.2, 0.25) is 0 Å². The van der Waals surface area contributed by atoms with Gasteiger partial charge in [0.1, 0.15) is 17.2 Å². The fourth-order valence-electron chi connectivity index (χ4n) is 6.65. The highest BCUT2D eigenvalue weighted by molar-refractivity contribution is 6.42. The number of carbonyl (C=O) groups excluding carboxylic acids is 4. The van der Waals surface area contributed by atoms with Crippen LogP contribution in [0.25, 0.3) is 16.3 Å². The molecule has 0 spiro atoms. The normalized spacial score (nSPS) is 23.2. The van der Waals surface area contributed by atoms with Gasteiger partial charge in [0.15, 0.2) is 23.1 Å². The minimum atomic E-state index is -1.84. The first-order valence-electron chi connectivity index (χ1n) is 13.9. The van der Waals surface area contributed by atoms with E-state index in [0.29, 0.717) is 5.56 Å². The zero-order valence-electron chi connectivity index (χ0n) is 24.5. The molecule has 0 saturated carbocycles. The first-order valence-corrected chi connectivity index (χ1v) is 13.9. The summed E-state index contributed by atoms with van der Waals surface area (Å²) in [4.78, 5) is 55.1. The van der Waals surface area contributed by atoms with Gasteiger partial charge in [-0.1, -0.05) is 0 Å². The first kappa shape index (κ1) is 29.5. The van der Waals surface area contributed by atoms with Crippen LogP contribution in [0.15, 0.2) is 29.8 Å². The van der Waals surface area contributed by atoms with Gasteiger partial charge in [-0.3, -0.25) is 19.2 Å². The van der Waals surface area contributed by atoms with Gasteiger partial charge in [0.05, 0.1) is 55.0 Å². The topological polar surface area (TPSA) is 177 Å². The van der Waals surface area contributed by atoms with E-state index in [1.54, 1.807) is 6.07 Å². The number of hydrogen-bond donors (Lipinski definition) is 4. The first-order chi connectivity index (χ1) is 20.7. The second kappa shape index (κ2) is 9.98. The predicted octanol–water partition coefficient (Wildman–Crippen LogP) is 3.22. The van der Waals surface area contributed by atoms with Crippen molar-refractivity contribution >= 4 is 39.7 Å². The Hall–Kier alpha value is -4.58. The van der Waals surface area contributed by atoms with E-state index < -0.39 is 59.7 Å². The van der Waals surface area contributed by atoms with Crippen LogP contribution in [0.2, 0.25) is 0 Å². The van der Waals surface area contributed by atoms with Gasteiger partial charge in [-0.05, 0) is 48.6 Å². The number of ketones is 3. The van der Waals surface area contributed by atoms with Crippen LogP contribution >= 0.6 is 0 Å². The van der Waals surface area contributed by atoms with E-state index in [0.717, 1.165) is 0 Å². The van der Waals surface area contributed by atoms with Crippen molar-refractivity contribution in [3.05, 3.63) is 63.2 Å². The van der Waals surface area contributed by atoms with Gasteiger partial charge in [0, 0.05) is 47.6 Å². The van der Waals surface area contributed by atoms with Crippen LogP contribution < -0.4 is 14.2 Å². The lowest BCUT2D eigenvalue weighted by molar-refractivity contribution is -0.139. The highest BCUT2D eigenvalue weighted by Gasteiger charge is 2.44. The molecule has 0 bridgehead atoms. The van der Waals surface area contributed by atoms with Gasteiger partial charge in [-0.2, -0.15) is 0 Å². The number of rotatable bonds is 3. The third kappa shape index (κ3) is 4.47. The Morgan fingerprint density at radius 3 is 2.20 bits per heavy atom. The second-order valence-corrected chi connectivity index (χ2v) is 12.1. The summed E-state index contributed by atoms with van der Waals surface area (Å²) < 4.78 is 16.6. The van der Waals surface area contributed by atoms with Crippen LogP contribution in [-0.4, -0.2) is 69.2 Å². The van der Waals surface area contributed by atoms with Gasteiger partial charge in [0.25, 0.3) is 0 Å². The second-order valence-electron chi connectivity index (χ2n) is 12.1. The number of ether oxygens (including phenoxy) is 3. The van der Waals surface area contributed by atoms with E-state index in [4.69, 9.17) is 14.2 Å². The van der Waals surface area contributed by atoms with Crippen molar-refractivity contribution in [2.45, 2.75) is 57.3 Å². The van der Waals surface area contributed by atoms with Crippen molar-refractivity contribution in [2.24, 2.45) is 0 Å². The molecule has 2 aliphatic carbocycles. The summed E-state index contributed by atoms with van der Waals surface area (Å²) in [6, 6.07) is 5.85. The number of allylic oxidation sites excluding steroid dienone is 1. The Morgan fingerprint density at radius 2 is 1.55 bits per heavy atom. The molecular formula is C33H30O11. The summed E-state index contributed by atoms with van der Waals surface area (Å²) in [5.41, 5.74) is -3.46. The van der Waals surface area contributed by atoms with E-state index >= 15 is 0 Å². The Morgan fingerprint density at radius 1 is 0.841 bits per heavy atom. The van der Waals surface area contributed by atoms with Crippen molar-refractivity contribution in [1.82, 2.24) is 0 Å². The number of benzene rings is 3. The quantitative estimate of drug-likeness (QED) is 0.256. The largest absolute Gasteiger partial charge is 0.506 e. The van der Waals surface area contributed by atoms with Crippen LogP contribution in [0.3, 0.4) is 0 Å². The van der Waals surface area contributed by atoms with Crippen molar-refractivity contribution < 1.29 is 53.8 Å². The van der Waals surface area contributed by atoms with E-state index in [-0.39, 0.29) is 79.8 Å². The molecule has 0 aromatic heterocycles. The lowest BCUT2D eigenvalue weighted by atomic mass is 9.75. The van der Waals surface area contributed by atoms with Gasteiger partial charge in [-0.25, -0.2) is 0 Å². The third-order valence-electron chi connectivity index (χ3n) is 8.43. The van der Waals surface area contributed by atoms with Crippen molar-refractivity contribution in [1.29, 1.82) is 0 Å². The summed E-state index contributed by atoms with van der Waals surface area (Å²) >= 11 is 0. The number of methoxy groups -OCH3 is 2. The monoisotopic (exact) mass is 602 g/mol. The van der Waals surface area contributed by atoms with Gasteiger partial charge < -0.3 is 34.6 Å². The number of carbonyl (C=O) groups is 4. The Kier molecular flexibility index (Phi) is 6.69. The molecule has 1 heterocycles. The standard InChI is InChI=1S/C33H30O11/c1-32(40)9-15-5-14-6-16(13-34)24-27-19(28(37)18-7-17(42-3)8-21(43-4)26(18)30(27)39)10-33(2,41)12-22(36)44-31(24)25(14)29(38)23(15)20(35)11-32/h5-8,34,38,40-41H,9-13H2,1-4H3. The van der Waals surface area contributed by atoms with E-state index in [2.05, 4.69) is 0 Å². The Balaban J connectivity index is 1.75. The molecule has 2 unspecified atom stereocenters. The molecule has 0 amide bonds. The van der Waals surface area contributed by atoms with Crippen LogP contribution in [-0.2, 0) is 17.8 Å². The van der Waals surface area contributed by atoms with Crippen LogP contribution in [0.4, 0.5) is 0 Å². The van der Waals surface area contributed by atoms with Crippen LogP contribution in [0.1, 0.15) is 80.9 Å². The third-order valence-corrected chi connectivity index (χ3v) is 8.43. The number of phenolic OH excluding ortho intramolecular Hbond substituents is 1. The number of Topliss-reactive ketones (excluding diaryl/α,β-unsaturated/α-hetero) is 3. The number of hydrogen-bond acceptors (Lipinski definition) is 11. The molecule has 44 heavy (non-hydrogen) atoms. The lowest BCUT2D eigenvalue weighted by Crippen LogP contribution is -2.35. The molecule has 3 aromatic rings. The average Bonchev–Trinajstić information content (AvgIpc) is 2.97. The molecule has 0 radical (unpaired) electrons. The van der Waals surface area contributed by atoms with E-state index in [9.17, 15) is 39.6 Å². The van der Waals surface area contributed by atoms with Crippen molar-refractivity contribution in [3.8, 4) is 23.0 Å². The van der Waals surface area contributed by atoms with E-state index in [1.165, 1.54) is 46.3 Å². The number of esters is 1. The van der Waals surface area contributed by atoms with Gasteiger partial charge >= 0.3 is 5.97 Å². The Labute approximate surface area is 251 Å². The number of fused-ring (bicyclic) bond motifs is 6. The summed E-state index contributed by atoms with van der Waals surface area (Å²) in [5, 5.41) is 44.2. The fraction of sp³-hybridized carbons (Fsp3) is 0.333. The molecule has 2 atom stereocenters. The maximum Gasteiger partial charge on any atom is 0.314 e. The predicted molar refractivity (Wildman–Crippen MR) is 155 cm³/mol. The molecule has 0 saturated heterocycles. The molecule has 11 heteroatoms. The molecule has 1 aliphatic heterocycles. The molecular weight excluding hydrogens is 572 g/mol. The molecule has 228 valence electrons. The SMILES string of the molecule is COc1cc(OC)c2c(c1)C(=O)C1=C(C2=O)c2c(CO)cc3cc4c(c(O)c3c2OC(=O)CC(C)(O)C1)C(=O)CC(C)(O)C4. The summed E-state index contributed by atoms with van der Waals surface area (Å²) in [6.45, 7) is 2.16. The lowest BCUT2D eigenvalue weighted by Gasteiger charge is -2.30. The molecule has 3 aliphatic rings. The van der Waals surface area contributed by atoms with Crippen molar-refractivity contribution in [2.75, 3.05) is 14.2 Å². The maximum absolute atomic E-state index is 14.5. The summed E-state index contributed by atoms with van der Waals surface area (Å²) in [5.74, 6) is -3.40. The average molecular weight is 603 g/mol.